The molecule has 2 heterocycles. The third-order valence-corrected chi connectivity index (χ3v) is 2.89. The summed E-state index contributed by atoms with van der Waals surface area (Å²) in [5.74, 6) is 0. The van der Waals surface area contributed by atoms with Crippen LogP contribution in [0.5, 0.6) is 0 Å². The van der Waals surface area contributed by atoms with E-state index < -0.39 is 0 Å². The number of carbonyl (C=O) groups excluding carboxylic acids is 2. The van der Waals surface area contributed by atoms with Crippen molar-refractivity contribution < 1.29 is 14.7 Å². The zero-order valence-corrected chi connectivity index (χ0v) is 8.67. The average Bonchev–Trinajstić information content (AvgIpc) is 2.62. The van der Waals surface area contributed by atoms with Gasteiger partial charge in [-0.2, -0.15) is 0 Å². The molecule has 4 amide bonds. The Labute approximate surface area is 87.2 Å². The summed E-state index contributed by atoms with van der Waals surface area (Å²) in [7, 11) is 3.29. The normalized spacial score (nSPS) is 29.9. The standard InChI is InChI=1S/C8H14N4O3/c1-10-5-6(11(2)8(10)15)12(3-4-13)7(14)9-5/h5-6,13H,3-4H2,1-2H3,(H,9,14)/t5-,6+/m1/s1. The van der Waals surface area contributed by atoms with Gasteiger partial charge in [0.25, 0.3) is 0 Å². The van der Waals surface area contributed by atoms with Gasteiger partial charge in [-0.15, -0.1) is 0 Å². The number of fused-ring (bicyclic) bond motifs is 1. The van der Waals surface area contributed by atoms with E-state index in [1.165, 1.54) is 14.7 Å². The van der Waals surface area contributed by atoms with Crippen molar-refractivity contribution >= 4 is 12.1 Å². The van der Waals surface area contributed by atoms with Gasteiger partial charge < -0.3 is 20.2 Å². The van der Waals surface area contributed by atoms with Gasteiger partial charge in [0.1, 0.15) is 12.3 Å². The van der Waals surface area contributed by atoms with Gasteiger partial charge in [-0.1, -0.05) is 0 Å². The maximum Gasteiger partial charge on any atom is 0.323 e. The van der Waals surface area contributed by atoms with Gasteiger partial charge in [0.15, 0.2) is 0 Å². The van der Waals surface area contributed by atoms with Crippen LogP contribution in [0.1, 0.15) is 0 Å². The van der Waals surface area contributed by atoms with Crippen LogP contribution in [0.2, 0.25) is 0 Å². The molecule has 2 aliphatic rings. The topological polar surface area (TPSA) is 76.1 Å². The number of amides is 4. The number of likely N-dealkylation sites (N-methyl/N-ethyl adjacent to an activating group) is 2. The molecule has 2 atom stereocenters. The Hall–Kier alpha value is -1.50. The molecule has 2 aliphatic heterocycles. The Bertz CT molecular complexity index is 308. The third-order valence-electron chi connectivity index (χ3n) is 2.89. The Balaban J connectivity index is 2.24. The lowest BCUT2D eigenvalue weighted by Crippen LogP contribution is -2.45. The number of hydrogen-bond acceptors (Lipinski definition) is 3. The number of aliphatic hydroxyl groups is 1. The van der Waals surface area contributed by atoms with Gasteiger partial charge in [0, 0.05) is 20.6 Å². The van der Waals surface area contributed by atoms with Crippen molar-refractivity contribution in [3.8, 4) is 0 Å². The van der Waals surface area contributed by atoms with E-state index in [2.05, 4.69) is 5.32 Å². The van der Waals surface area contributed by atoms with E-state index in [-0.39, 0.29) is 37.5 Å². The molecule has 0 aliphatic carbocycles. The minimum Gasteiger partial charge on any atom is -0.395 e. The molecular weight excluding hydrogens is 200 g/mol. The Morgan fingerprint density at radius 2 is 2.00 bits per heavy atom. The highest BCUT2D eigenvalue weighted by Crippen LogP contribution is 2.25. The smallest absolute Gasteiger partial charge is 0.323 e. The van der Waals surface area contributed by atoms with Crippen molar-refractivity contribution in [2.45, 2.75) is 12.3 Å². The molecule has 2 rings (SSSR count). The minimum absolute atomic E-state index is 0.109. The molecule has 0 unspecified atom stereocenters. The number of hydrogen-bond donors (Lipinski definition) is 2. The second-order valence-corrected chi connectivity index (χ2v) is 3.73. The maximum atomic E-state index is 11.6. The second-order valence-electron chi connectivity index (χ2n) is 3.73. The molecule has 0 aromatic carbocycles. The molecule has 0 saturated carbocycles. The van der Waals surface area contributed by atoms with Crippen molar-refractivity contribution in [1.29, 1.82) is 0 Å². The molecule has 0 bridgehead atoms. The summed E-state index contributed by atoms with van der Waals surface area (Å²) in [6, 6.07) is -0.377. The quantitative estimate of drug-likeness (QED) is 0.597. The number of nitrogens with zero attached hydrogens (tertiary/aromatic N) is 3. The average molecular weight is 214 g/mol. The van der Waals surface area contributed by atoms with Crippen molar-refractivity contribution in [1.82, 2.24) is 20.0 Å². The van der Waals surface area contributed by atoms with E-state index in [0.717, 1.165) is 0 Å². The fourth-order valence-corrected chi connectivity index (χ4v) is 2.11. The Morgan fingerprint density at radius 3 is 2.60 bits per heavy atom. The molecule has 84 valence electrons. The number of aliphatic hydroxyl groups excluding tert-OH is 1. The zero-order chi connectivity index (χ0) is 11.2. The minimum atomic E-state index is -0.318. The summed E-state index contributed by atoms with van der Waals surface area (Å²) in [4.78, 5) is 27.5. The Morgan fingerprint density at radius 1 is 1.33 bits per heavy atom. The summed E-state index contributed by atoms with van der Waals surface area (Å²) in [5.41, 5.74) is 0. The summed E-state index contributed by atoms with van der Waals surface area (Å²) in [5, 5.41) is 11.5. The second kappa shape index (κ2) is 3.27. The van der Waals surface area contributed by atoms with Crippen molar-refractivity contribution in [3.05, 3.63) is 0 Å². The lowest BCUT2D eigenvalue weighted by atomic mass is 10.3. The number of carbonyl (C=O) groups is 2. The molecule has 15 heavy (non-hydrogen) atoms. The highest BCUT2D eigenvalue weighted by atomic mass is 16.3. The highest BCUT2D eigenvalue weighted by Gasteiger charge is 2.52. The molecule has 2 fully saturated rings. The summed E-state index contributed by atoms with van der Waals surface area (Å²) in [6.45, 7) is 0.126. The van der Waals surface area contributed by atoms with Crippen LogP contribution in [0, 0.1) is 0 Å². The van der Waals surface area contributed by atoms with Gasteiger partial charge in [-0.25, -0.2) is 9.59 Å². The first-order chi connectivity index (χ1) is 7.07. The van der Waals surface area contributed by atoms with Crippen LogP contribution in [-0.4, -0.2) is 71.4 Å². The third kappa shape index (κ3) is 1.23. The van der Waals surface area contributed by atoms with Gasteiger partial charge >= 0.3 is 12.1 Å². The summed E-state index contributed by atoms with van der Waals surface area (Å²) >= 11 is 0. The van der Waals surface area contributed by atoms with E-state index in [1.807, 2.05) is 0 Å². The van der Waals surface area contributed by atoms with Crippen LogP contribution in [0.4, 0.5) is 9.59 Å². The predicted molar refractivity (Wildman–Crippen MR) is 50.8 cm³/mol. The van der Waals surface area contributed by atoms with Crippen molar-refractivity contribution in [2.24, 2.45) is 0 Å². The van der Waals surface area contributed by atoms with Crippen LogP contribution in [0.15, 0.2) is 0 Å². The summed E-state index contributed by atoms with van der Waals surface area (Å²) in [6.07, 6.45) is -0.635. The first-order valence-corrected chi connectivity index (χ1v) is 4.75. The SMILES string of the molecule is CN1C(=O)N(C)[C@@H]2[C@@H]1NC(=O)N2CCO. The first-order valence-electron chi connectivity index (χ1n) is 4.75. The highest BCUT2D eigenvalue weighted by molar-refractivity contribution is 5.84. The van der Waals surface area contributed by atoms with E-state index >= 15 is 0 Å². The van der Waals surface area contributed by atoms with Crippen LogP contribution >= 0.6 is 0 Å². The maximum absolute atomic E-state index is 11.6. The zero-order valence-electron chi connectivity index (χ0n) is 8.67. The molecule has 0 spiro atoms. The first kappa shape index (κ1) is 10.0. The lowest BCUT2D eigenvalue weighted by Gasteiger charge is -2.25. The molecule has 7 nitrogen and oxygen atoms in total. The fraction of sp³-hybridized carbons (Fsp3) is 0.750. The van der Waals surface area contributed by atoms with Gasteiger partial charge in [-0.3, -0.25) is 4.90 Å². The summed E-state index contributed by atoms with van der Waals surface area (Å²) < 4.78 is 0. The number of β-amino-alcohol motifs (C(OH)–C–C–N with tert-alkyl or cyclic N) is 1. The molecule has 2 N–H and O–H groups in total. The molecular formula is C8H14N4O3. The van der Waals surface area contributed by atoms with Gasteiger partial charge in [-0.05, 0) is 0 Å². The van der Waals surface area contributed by atoms with Crippen LogP contribution < -0.4 is 5.32 Å². The van der Waals surface area contributed by atoms with Crippen LogP contribution in [0.25, 0.3) is 0 Å². The van der Waals surface area contributed by atoms with Crippen molar-refractivity contribution in [3.63, 3.8) is 0 Å². The van der Waals surface area contributed by atoms with E-state index in [1.54, 1.807) is 14.1 Å². The predicted octanol–water partition coefficient (Wildman–Crippen LogP) is -1.35. The van der Waals surface area contributed by atoms with Gasteiger partial charge in [0.05, 0.1) is 6.61 Å². The lowest BCUT2D eigenvalue weighted by molar-refractivity contribution is 0.126. The van der Waals surface area contributed by atoms with E-state index in [4.69, 9.17) is 5.11 Å². The monoisotopic (exact) mass is 214 g/mol. The van der Waals surface area contributed by atoms with E-state index in [0.29, 0.717) is 0 Å². The molecule has 0 aromatic heterocycles. The van der Waals surface area contributed by atoms with Crippen LogP contribution in [-0.2, 0) is 0 Å². The van der Waals surface area contributed by atoms with E-state index in [9.17, 15) is 9.59 Å². The number of nitrogens with one attached hydrogen (secondary N) is 1. The molecule has 7 heteroatoms. The number of urea groups is 2. The molecule has 2 saturated heterocycles. The molecule has 0 aromatic rings. The Kier molecular flexibility index (Phi) is 2.18. The molecule has 0 radical (unpaired) electrons. The number of rotatable bonds is 2. The largest absolute Gasteiger partial charge is 0.395 e. The van der Waals surface area contributed by atoms with Crippen molar-refractivity contribution in [2.75, 3.05) is 27.2 Å². The fourth-order valence-electron chi connectivity index (χ4n) is 2.11. The van der Waals surface area contributed by atoms with Crippen LogP contribution in [0.3, 0.4) is 0 Å². The van der Waals surface area contributed by atoms with Gasteiger partial charge in [0.2, 0.25) is 0 Å².